The highest BCUT2D eigenvalue weighted by Gasteiger charge is 2.48. The standard InChI is InChI=1S/C15H24ClN3O/c1-8(2)13-18-12(16)9(3)14(19-13)17-10-7-11(20-6)15(10,4)5/h8,10-11H,7H2,1-6H3,(H,17,18,19). The van der Waals surface area contributed by atoms with Crippen molar-refractivity contribution in [3.05, 3.63) is 16.5 Å². The first-order valence-corrected chi connectivity index (χ1v) is 7.48. The molecule has 112 valence electrons. The molecule has 20 heavy (non-hydrogen) atoms. The Kier molecular flexibility index (Phi) is 4.26. The van der Waals surface area contributed by atoms with Crippen LogP contribution in [-0.4, -0.2) is 29.2 Å². The lowest BCUT2D eigenvalue weighted by atomic mass is 9.64. The van der Waals surface area contributed by atoms with Crippen molar-refractivity contribution in [2.45, 2.75) is 59.1 Å². The lowest BCUT2D eigenvalue weighted by molar-refractivity contribution is -0.0795. The lowest BCUT2D eigenvalue weighted by Gasteiger charge is -2.51. The van der Waals surface area contributed by atoms with E-state index in [0.717, 1.165) is 23.6 Å². The SMILES string of the molecule is COC1CC(Nc2nc(C(C)C)nc(Cl)c2C)C1(C)C. The Labute approximate surface area is 126 Å². The predicted molar refractivity (Wildman–Crippen MR) is 82.5 cm³/mol. The molecule has 0 radical (unpaired) electrons. The molecule has 0 amide bonds. The van der Waals surface area contributed by atoms with E-state index in [4.69, 9.17) is 16.3 Å². The summed E-state index contributed by atoms with van der Waals surface area (Å²) in [7, 11) is 1.77. The lowest BCUT2D eigenvalue weighted by Crippen LogP contribution is -2.57. The first-order valence-electron chi connectivity index (χ1n) is 7.10. The van der Waals surface area contributed by atoms with Gasteiger partial charge in [-0.15, -0.1) is 0 Å². The molecule has 4 nitrogen and oxygen atoms in total. The maximum Gasteiger partial charge on any atom is 0.137 e. The molecule has 1 saturated carbocycles. The number of nitrogens with one attached hydrogen (secondary N) is 1. The van der Waals surface area contributed by atoms with Crippen LogP contribution in [0.5, 0.6) is 0 Å². The first kappa shape index (κ1) is 15.5. The summed E-state index contributed by atoms with van der Waals surface area (Å²) >= 11 is 6.22. The molecule has 1 aromatic heterocycles. The average Bonchev–Trinajstić information content (AvgIpc) is 2.38. The number of ether oxygens (including phenoxy) is 1. The smallest absolute Gasteiger partial charge is 0.137 e. The van der Waals surface area contributed by atoms with Crippen LogP contribution in [0.15, 0.2) is 0 Å². The van der Waals surface area contributed by atoms with Gasteiger partial charge in [-0.2, -0.15) is 0 Å². The van der Waals surface area contributed by atoms with E-state index >= 15 is 0 Å². The van der Waals surface area contributed by atoms with Crippen molar-refractivity contribution in [3.8, 4) is 0 Å². The normalized spacial score (nSPS) is 24.6. The number of halogens is 1. The summed E-state index contributed by atoms with van der Waals surface area (Å²) in [6.07, 6.45) is 1.28. The van der Waals surface area contributed by atoms with Gasteiger partial charge in [0, 0.05) is 30.0 Å². The van der Waals surface area contributed by atoms with Gasteiger partial charge in [-0.05, 0) is 13.3 Å². The fourth-order valence-electron chi connectivity index (χ4n) is 2.60. The summed E-state index contributed by atoms with van der Waals surface area (Å²) in [4.78, 5) is 8.96. The Morgan fingerprint density at radius 1 is 1.35 bits per heavy atom. The van der Waals surface area contributed by atoms with Crippen LogP contribution in [-0.2, 0) is 4.74 Å². The number of hydrogen-bond acceptors (Lipinski definition) is 4. The number of hydrogen-bond donors (Lipinski definition) is 1. The molecule has 1 heterocycles. The van der Waals surface area contributed by atoms with Crippen LogP contribution < -0.4 is 5.32 Å². The van der Waals surface area contributed by atoms with E-state index in [-0.39, 0.29) is 11.3 Å². The topological polar surface area (TPSA) is 47.0 Å². The van der Waals surface area contributed by atoms with Gasteiger partial charge < -0.3 is 10.1 Å². The minimum absolute atomic E-state index is 0.0939. The van der Waals surface area contributed by atoms with E-state index < -0.39 is 0 Å². The number of aromatic nitrogens is 2. The third-order valence-corrected chi connectivity index (χ3v) is 4.76. The Morgan fingerprint density at radius 2 is 2.00 bits per heavy atom. The second kappa shape index (κ2) is 5.49. The molecule has 1 aliphatic rings. The molecule has 0 spiro atoms. The Morgan fingerprint density at radius 3 is 2.50 bits per heavy atom. The molecule has 2 unspecified atom stereocenters. The molecular weight excluding hydrogens is 274 g/mol. The summed E-state index contributed by atoms with van der Waals surface area (Å²) in [5.41, 5.74) is 1.00. The minimum atomic E-state index is 0.0939. The largest absolute Gasteiger partial charge is 0.381 e. The number of methoxy groups -OCH3 is 1. The molecule has 1 aliphatic carbocycles. The molecule has 0 bridgehead atoms. The second-order valence-electron chi connectivity index (χ2n) is 6.48. The van der Waals surface area contributed by atoms with Crippen LogP contribution in [0.4, 0.5) is 5.82 Å². The zero-order chi connectivity index (χ0) is 15.1. The zero-order valence-corrected chi connectivity index (χ0v) is 13.9. The molecule has 0 saturated heterocycles. The van der Waals surface area contributed by atoms with Gasteiger partial charge in [0.2, 0.25) is 0 Å². The summed E-state index contributed by atoms with van der Waals surface area (Å²) in [6.45, 7) is 10.5. The average molecular weight is 298 g/mol. The molecule has 5 heteroatoms. The third kappa shape index (κ3) is 2.63. The van der Waals surface area contributed by atoms with Crippen LogP contribution >= 0.6 is 11.6 Å². The maximum atomic E-state index is 6.22. The van der Waals surface area contributed by atoms with Crippen molar-refractivity contribution < 1.29 is 4.74 Å². The fraction of sp³-hybridized carbons (Fsp3) is 0.733. The van der Waals surface area contributed by atoms with Gasteiger partial charge in [0.15, 0.2) is 0 Å². The molecule has 1 N–H and O–H groups in total. The molecule has 1 aromatic rings. The Balaban J connectivity index is 2.22. The van der Waals surface area contributed by atoms with Crippen LogP contribution in [0.3, 0.4) is 0 Å². The highest BCUT2D eigenvalue weighted by Crippen LogP contribution is 2.44. The van der Waals surface area contributed by atoms with E-state index in [1.807, 2.05) is 6.92 Å². The third-order valence-electron chi connectivity index (χ3n) is 4.39. The van der Waals surface area contributed by atoms with Gasteiger partial charge in [-0.25, -0.2) is 9.97 Å². The highest BCUT2D eigenvalue weighted by molar-refractivity contribution is 6.30. The van der Waals surface area contributed by atoms with Crippen molar-refractivity contribution in [1.29, 1.82) is 0 Å². The summed E-state index contributed by atoms with van der Waals surface area (Å²) < 4.78 is 5.49. The predicted octanol–water partition coefficient (Wildman–Crippen LogP) is 3.79. The van der Waals surface area contributed by atoms with E-state index in [1.165, 1.54) is 0 Å². The molecular formula is C15H24ClN3O. The zero-order valence-electron chi connectivity index (χ0n) is 13.1. The number of nitrogens with zero attached hydrogens (tertiary/aromatic N) is 2. The van der Waals surface area contributed by atoms with Crippen LogP contribution in [0, 0.1) is 12.3 Å². The van der Waals surface area contributed by atoms with Gasteiger partial charge in [-0.3, -0.25) is 0 Å². The number of rotatable bonds is 4. The molecule has 2 atom stereocenters. The van der Waals surface area contributed by atoms with E-state index in [1.54, 1.807) is 7.11 Å². The molecule has 0 aromatic carbocycles. The van der Waals surface area contributed by atoms with Gasteiger partial charge >= 0.3 is 0 Å². The Hall–Kier alpha value is -0.870. The van der Waals surface area contributed by atoms with Crippen molar-refractivity contribution in [2.24, 2.45) is 5.41 Å². The maximum absolute atomic E-state index is 6.22. The quantitative estimate of drug-likeness (QED) is 0.859. The van der Waals surface area contributed by atoms with E-state index in [9.17, 15) is 0 Å². The van der Waals surface area contributed by atoms with Crippen LogP contribution in [0.25, 0.3) is 0 Å². The molecule has 2 rings (SSSR count). The summed E-state index contributed by atoms with van der Waals surface area (Å²) in [5.74, 6) is 1.89. The van der Waals surface area contributed by atoms with Gasteiger partial charge in [0.1, 0.15) is 16.8 Å². The van der Waals surface area contributed by atoms with Crippen molar-refractivity contribution in [2.75, 3.05) is 12.4 Å². The first-order chi connectivity index (χ1) is 9.27. The monoisotopic (exact) mass is 297 g/mol. The number of anilines is 1. The molecule has 0 aliphatic heterocycles. The second-order valence-corrected chi connectivity index (χ2v) is 6.84. The fourth-order valence-corrected chi connectivity index (χ4v) is 2.78. The van der Waals surface area contributed by atoms with Crippen molar-refractivity contribution >= 4 is 17.4 Å². The highest BCUT2D eigenvalue weighted by atomic mass is 35.5. The summed E-state index contributed by atoms with van der Waals surface area (Å²) in [5, 5.41) is 4.06. The van der Waals surface area contributed by atoms with Crippen molar-refractivity contribution in [1.82, 2.24) is 9.97 Å². The summed E-state index contributed by atoms with van der Waals surface area (Å²) in [6, 6.07) is 0.345. The van der Waals surface area contributed by atoms with Gasteiger partial charge in [0.05, 0.1) is 6.10 Å². The van der Waals surface area contributed by atoms with E-state index in [2.05, 4.69) is 43.0 Å². The van der Waals surface area contributed by atoms with Crippen molar-refractivity contribution in [3.63, 3.8) is 0 Å². The Bertz CT molecular complexity index is 502. The van der Waals surface area contributed by atoms with Gasteiger partial charge in [0.25, 0.3) is 0 Å². The van der Waals surface area contributed by atoms with Crippen LogP contribution in [0.2, 0.25) is 5.15 Å². The minimum Gasteiger partial charge on any atom is -0.381 e. The van der Waals surface area contributed by atoms with Gasteiger partial charge in [-0.1, -0.05) is 39.3 Å². The molecule has 1 fully saturated rings. The van der Waals surface area contributed by atoms with E-state index in [0.29, 0.717) is 17.3 Å². The van der Waals surface area contributed by atoms with Crippen LogP contribution in [0.1, 0.15) is 51.4 Å².